The maximum absolute atomic E-state index is 12.1. The van der Waals surface area contributed by atoms with E-state index in [4.69, 9.17) is 0 Å². The first-order valence-electron chi connectivity index (χ1n) is 7.63. The summed E-state index contributed by atoms with van der Waals surface area (Å²) < 4.78 is 63.8. The smallest absolute Gasteiger partial charge is 0.422 e. The van der Waals surface area contributed by atoms with E-state index in [1.165, 1.54) is 12.1 Å². The van der Waals surface area contributed by atoms with E-state index >= 15 is 0 Å². The van der Waals surface area contributed by atoms with Gasteiger partial charge in [-0.3, -0.25) is 4.99 Å². The topological polar surface area (TPSA) is 79.8 Å². The van der Waals surface area contributed by atoms with Crippen LogP contribution in [-0.2, 0) is 16.4 Å². The number of benzene rings is 1. The third-order valence-electron chi connectivity index (χ3n) is 3.58. The molecule has 0 spiro atoms. The van der Waals surface area contributed by atoms with Crippen molar-refractivity contribution in [3.63, 3.8) is 0 Å². The molecule has 1 unspecified atom stereocenters. The van der Waals surface area contributed by atoms with Crippen LogP contribution in [0.5, 0.6) is 5.75 Å². The largest absolute Gasteiger partial charge is 0.484 e. The van der Waals surface area contributed by atoms with Gasteiger partial charge < -0.3 is 15.4 Å². The molecule has 25 heavy (non-hydrogen) atoms. The van der Waals surface area contributed by atoms with Crippen LogP contribution in [-0.4, -0.2) is 51.8 Å². The SMILES string of the molecule is CN=C(NCc1ccc(OCC(F)(F)F)cc1)NC1CCS(=O)(=O)C1. The number of ether oxygens (including phenoxy) is 1. The zero-order valence-corrected chi connectivity index (χ0v) is 14.5. The molecule has 2 rings (SSSR count). The molecule has 6 nitrogen and oxygen atoms in total. The maximum Gasteiger partial charge on any atom is 0.422 e. The lowest BCUT2D eigenvalue weighted by atomic mass is 10.2. The molecule has 0 amide bonds. The summed E-state index contributed by atoms with van der Waals surface area (Å²) in [6.45, 7) is -0.940. The van der Waals surface area contributed by atoms with Crippen LogP contribution in [0.2, 0.25) is 0 Å². The predicted molar refractivity (Wildman–Crippen MR) is 88.4 cm³/mol. The Hall–Kier alpha value is -1.97. The van der Waals surface area contributed by atoms with Crippen LogP contribution >= 0.6 is 0 Å². The molecule has 0 radical (unpaired) electrons. The summed E-state index contributed by atoms with van der Waals surface area (Å²) in [4.78, 5) is 4.04. The Labute approximate surface area is 144 Å². The van der Waals surface area contributed by atoms with E-state index in [-0.39, 0.29) is 23.3 Å². The summed E-state index contributed by atoms with van der Waals surface area (Å²) in [6, 6.07) is 6.04. The van der Waals surface area contributed by atoms with Crippen molar-refractivity contribution in [3.8, 4) is 5.75 Å². The van der Waals surface area contributed by atoms with E-state index in [2.05, 4.69) is 20.4 Å². The molecule has 0 saturated carbocycles. The van der Waals surface area contributed by atoms with E-state index in [1.54, 1.807) is 19.2 Å². The second-order valence-electron chi connectivity index (χ2n) is 5.72. The molecule has 0 aliphatic carbocycles. The molecule has 1 atom stereocenters. The van der Waals surface area contributed by atoms with Gasteiger partial charge in [-0.05, 0) is 24.1 Å². The maximum atomic E-state index is 12.1. The van der Waals surface area contributed by atoms with Crippen molar-refractivity contribution < 1.29 is 26.3 Å². The Morgan fingerprint density at radius 3 is 2.52 bits per heavy atom. The van der Waals surface area contributed by atoms with Gasteiger partial charge in [0.15, 0.2) is 22.4 Å². The van der Waals surface area contributed by atoms with Crippen LogP contribution in [0.3, 0.4) is 0 Å². The van der Waals surface area contributed by atoms with Crippen molar-refractivity contribution in [2.24, 2.45) is 4.99 Å². The summed E-state index contributed by atoms with van der Waals surface area (Å²) in [6.07, 6.45) is -3.83. The molecule has 1 aromatic rings. The average Bonchev–Trinajstić information content (AvgIpc) is 2.88. The standard InChI is InChI=1S/C15H20F3N3O3S/c1-19-14(21-12-6-7-25(22,23)9-12)20-8-11-2-4-13(5-3-11)24-10-15(16,17)18/h2-5,12H,6-10H2,1H3,(H2,19,20,21). The zero-order chi connectivity index (χ0) is 18.5. The van der Waals surface area contributed by atoms with Crippen molar-refractivity contribution in [1.29, 1.82) is 0 Å². The van der Waals surface area contributed by atoms with Crippen LogP contribution in [0.4, 0.5) is 13.2 Å². The van der Waals surface area contributed by atoms with E-state index in [0.29, 0.717) is 18.9 Å². The van der Waals surface area contributed by atoms with Gasteiger partial charge >= 0.3 is 6.18 Å². The van der Waals surface area contributed by atoms with E-state index in [0.717, 1.165) is 5.56 Å². The first-order valence-corrected chi connectivity index (χ1v) is 9.45. The van der Waals surface area contributed by atoms with E-state index in [9.17, 15) is 21.6 Å². The van der Waals surface area contributed by atoms with Crippen molar-refractivity contribution in [3.05, 3.63) is 29.8 Å². The summed E-state index contributed by atoms with van der Waals surface area (Å²) in [5, 5.41) is 6.09. The highest BCUT2D eigenvalue weighted by atomic mass is 32.2. The van der Waals surface area contributed by atoms with Gasteiger partial charge in [0.1, 0.15) is 5.75 Å². The summed E-state index contributed by atoms with van der Waals surface area (Å²) in [5.74, 6) is 0.860. The van der Waals surface area contributed by atoms with Gasteiger partial charge in [-0.2, -0.15) is 13.2 Å². The molecule has 10 heteroatoms. The lowest BCUT2D eigenvalue weighted by Gasteiger charge is -2.16. The number of hydrogen-bond donors (Lipinski definition) is 2. The molecular weight excluding hydrogens is 359 g/mol. The lowest BCUT2D eigenvalue weighted by molar-refractivity contribution is -0.153. The fraction of sp³-hybridized carbons (Fsp3) is 0.533. The monoisotopic (exact) mass is 379 g/mol. The van der Waals surface area contributed by atoms with Crippen molar-refractivity contribution in [2.75, 3.05) is 25.2 Å². The molecule has 1 aromatic carbocycles. The van der Waals surface area contributed by atoms with Gasteiger partial charge in [-0.15, -0.1) is 0 Å². The van der Waals surface area contributed by atoms with Crippen LogP contribution < -0.4 is 15.4 Å². The molecule has 1 heterocycles. The number of rotatable bonds is 5. The molecule has 140 valence electrons. The predicted octanol–water partition coefficient (Wildman–Crippen LogP) is 1.48. The van der Waals surface area contributed by atoms with Crippen LogP contribution in [0.25, 0.3) is 0 Å². The minimum Gasteiger partial charge on any atom is -0.484 e. The van der Waals surface area contributed by atoms with Gasteiger partial charge in [0.2, 0.25) is 0 Å². The zero-order valence-electron chi connectivity index (χ0n) is 13.6. The number of hydrogen-bond acceptors (Lipinski definition) is 4. The molecule has 1 aliphatic heterocycles. The highest BCUT2D eigenvalue weighted by Crippen LogP contribution is 2.18. The molecule has 1 fully saturated rings. The molecule has 0 aromatic heterocycles. The normalized spacial score (nSPS) is 20.3. The van der Waals surface area contributed by atoms with Crippen molar-refractivity contribution in [1.82, 2.24) is 10.6 Å². The second-order valence-corrected chi connectivity index (χ2v) is 7.95. The van der Waals surface area contributed by atoms with Gasteiger partial charge in [0.05, 0.1) is 11.5 Å². The minimum absolute atomic E-state index is 0.0823. The van der Waals surface area contributed by atoms with Gasteiger partial charge in [0.25, 0.3) is 0 Å². The summed E-state index contributed by atoms with van der Waals surface area (Å²) in [7, 11) is -1.40. The first-order chi connectivity index (χ1) is 11.7. The van der Waals surface area contributed by atoms with E-state index in [1.807, 2.05) is 0 Å². The molecule has 1 aliphatic rings. The van der Waals surface area contributed by atoms with Crippen molar-refractivity contribution in [2.45, 2.75) is 25.2 Å². The minimum atomic E-state index is -4.37. The quantitative estimate of drug-likeness (QED) is 0.598. The third-order valence-corrected chi connectivity index (χ3v) is 5.35. The Morgan fingerprint density at radius 1 is 1.32 bits per heavy atom. The highest BCUT2D eigenvalue weighted by molar-refractivity contribution is 7.91. The van der Waals surface area contributed by atoms with Crippen LogP contribution in [0, 0.1) is 0 Å². The van der Waals surface area contributed by atoms with Crippen LogP contribution in [0.1, 0.15) is 12.0 Å². The summed E-state index contributed by atoms with van der Waals surface area (Å²) >= 11 is 0. The van der Waals surface area contributed by atoms with Gasteiger partial charge in [-0.25, -0.2) is 8.42 Å². The third kappa shape index (κ3) is 6.81. The number of halogens is 3. The Bertz CT molecular complexity index is 703. The number of guanidine groups is 1. The second kappa shape index (κ2) is 7.94. The number of nitrogens with zero attached hydrogens (tertiary/aromatic N) is 1. The average molecular weight is 379 g/mol. The van der Waals surface area contributed by atoms with Gasteiger partial charge in [0, 0.05) is 19.6 Å². The molecule has 1 saturated heterocycles. The Kier molecular flexibility index (Phi) is 6.15. The fourth-order valence-corrected chi connectivity index (χ4v) is 4.02. The van der Waals surface area contributed by atoms with Gasteiger partial charge in [-0.1, -0.05) is 12.1 Å². The Balaban J connectivity index is 1.81. The first kappa shape index (κ1) is 19.4. The fourth-order valence-electron chi connectivity index (χ4n) is 2.35. The van der Waals surface area contributed by atoms with Crippen LogP contribution in [0.15, 0.2) is 29.3 Å². The number of nitrogens with one attached hydrogen (secondary N) is 2. The lowest BCUT2D eigenvalue weighted by Crippen LogP contribution is -2.43. The number of sulfone groups is 1. The van der Waals surface area contributed by atoms with Crippen molar-refractivity contribution >= 4 is 15.8 Å². The summed E-state index contributed by atoms with van der Waals surface area (Å²) in [5.41, 5.74) is 0.821. The molecular formula is C15H20F3N3O3S. The van der Waals surface area contributed by atoms with E-state index < -0.39 is 22.6 Å². The number of aliphatic imine (C=N–C) groups is 1. The molecule has 0 bridgehead atoms. The Morgan fingerprint density at radius 2 is 2.00 bits per heavy atom. The molecule has 2 N–H and O–H groups in total. The number of alkyl halides is 3. The highest BCUT2D eigenvalue weighted by Gasteiger charge is 2.29.